The monoisotopic (exact) mass is 440 g/mol. The highest BCUT2D eigenvalue weighted by molar-refractivity contribution is 14.0. The molecule has 2 fully saturated rings. The standard InChI is InChI=1S/C16H32N4O2.HI/c1-3-17-16(18-6-7-20-9-12-21-13-10-20)19(2)8-11-22-14-15-4-5-15;/h15H,3-14H2,1-2H3,(H,17,18);1H. The summed E-state index contributed by atoms with van der Waals surface area (Å²) >= 11 is 0. The normalized spacial score (nSPS) is 19.3. The Morgan fingerprint density at radius 1 is 1.35 bits per heavy atom. The highest BCUT2D eigenvalue weighted by Crippen LogP contribution is 2.28. The summed E-state index contributed by atoms with van der Waals surface area (Å²) in [5.41, 5.74) is 0. The second-order valence-corrected chi connectivity index (χ2v) is 6.13. The van der Waals surface area contributed by atoms with Gasteiger partial charge >= 0.3 is 0 Å². The summed E-state index contributed by atoms with van der Waals surface area (Å²) < 4.78 is 11.1. The van der Waals surface area contributed by atoms with Crippen LogP contribution >= 0.6 is 24.0 Å². The number of halogens is 1. The SMILES string of the molecule is CCNC(=NCCN1CCOCC1)N(C)CCOCC1CC1.I. The Hall–Kier alpha value is -0.120. The summed E-state index contributed by atoms with van der Waals surface area (Å²) in [6, 6.07) is 0. The van der Waals surface area contributed by atoms with Gasteiger partial charge in [0, 0.05) is 46.4 Å². The van der Waals surface area contributed by atoms with E-state index < -0.39 is 0 Å². The van der Waals surface area contributed by atoms with Gasteiger partial charge in [-0.1, -0.05) is 0 Å². The third kappa shape index (κ3) is 9.07. The number of rotatable bonds is 9. The molecule has 1 aliphatic carbocycles. The van der Waals surface area contributed by atoms with Gasteiger partial charge in [-0.25, -0.2) is 0 Å². The second-order valence-electron chi connectivity index (χ2n) is 6.13. The van der Waals surface area contributed by atoms with Gasteiger partial charge in [-0.2, -0.15) is 0 Å². The Bertz CT molecular complexity index is 334. The molecule has 0 bridgehead atoms. The molecule has 0 aromatic heterocycles. The van der Waals surface area contributed by atoms with Crippen molar-refractivity contribution < 1.29 is 9.47 Å². The van der Waals surface area contributed by atoms with Crippen LogP contribution in [0.25, 0.3) is 0 Å². The fraction of sp³-hybridized carbons (Fsp3) is 0.938. The smallest absolute Gasteiger partial charge is 0.193 e. The maximum Gasteiger partial charge on any atom is 0.193 e. The number of hydrogen-bond acceptors (Lipinski definition) is 4. The van der Waals surface area contributed by atoms with Gasteiger partial charge in [0.1, 0.15) is 0 Å². The molecule has 136 valence electrons. The Kier molecular flexibility index (Phi) is 11.2. The second kappa shape index (κ2) is 12.3. The summed E-state index contributed by atoms with van der Waals surface area (Å²) in [6.45, 7) is 11.2. The number of nitrogens with one attached hydrogen (secondary N) is 1. The number of guanidine groups is 1. The van der Waals surface area contributed by atoms with E-state index in [1.54, 1.807) is 0 Å². The molecule has 0 radical (unpaired) electrons. The zero-order valence-electron chi connectivity index (χ0n) is 14.6. The van der Waals surface area contributed by atoms with Crippen molar-refractivity contribution in [2.45, 2.75) is 19.8 Å². The first-order chi connectivity index (χ1) is 10.8. The van der Waals surface area contributed by atoms with Crippen LogP contribution < -0.4 is 5.32 Å². The lowest BCUT2D eigenvalue weighted by Gasteiger charge is -2.26. The molecule has 1 saturated carbocycles. The van der Waals surface area contributed by atoms with Gasteiger partial charge in [-0.15, -0.1) is 24.0 Å². The van der Waals surface area contributed by atoms with Crippen LogP contribution in [0, 0.1) is 5.92 Å². The average molecular weight is 440 g/mol. The largest absolute Gasteiger partial charge is 0.379 e. The van der Waals surface area contributed by atoms with Gasteiger partial charge in [-0.05, 0) is 25.7 Å². The number of aliphatic imine (C=N–C) groups is 1. The summed E-state index contributed by atoms with van der Waals surface area (Å²) in [5, 5.41) is 3.36. The van der Waals surface area contributed by atoms with Crippen LogP contribution in [0.15, 0.2) is 4.99 Å². The van der Waals surface area contributed by atoms with Crippen LogP contribution in [0.2, 0.25) is 0 Å². The van der Waals surface area contributed by atoms with E-state index in [9.17, 15) is 0 Å². The van der Waals surface area contributed by atoms with Gasteiger partial charge in [0.25, 0.3) is 0 Å². The summed E-state index contributed by atoms with van der Waals surface area (Å²) in [5.74, 6) is 1.81. The third-order valence-corrected chi connectivity index (χ3v) is 4.10. The van der Waals surface area contributed by atoms with Crippen molar-refractivity contribution in [3.05, 3.63) is 0 Å². The van der Waals surface area contributed by atoms with Crippen molar-refractivity contribution in [1.29, 1.82) is 0 Å². The molecule has 0 amide bonds. The Morgan fingerprint density at radius 2 is 2.09 bits per heavy atom. The maximum absolute atomic E-state index is 5.71. The Labute approximate surface area is 158 Å². The van der Waals surface area contributed by atoms with E-state index in [4.69, 9.17) is 14.5 Å². The Balaban J connectivity index is 0.00000264. The molecule has 1 saturated heterocycles. The van der Waals surface area contributed by atoms with Crippen LogP contribution in [0.1, 0.15) is 19.8 Å². The van der Waals surface area contributed by atoms with E-state index in [1.165, 1.54) is 12.8 Å². The summed E-state index contributed by atoms with van der Waals surface area (Å²) in [6.07, 6.45) is 2.70. The van der Waals surface area contributed by atoms with Gasteiger partial charge in [0.05, 0.1) is 26.4 Å². The van der Waals surface area contributed by atoms with Crippen LogP contribution in [0.4, 0.5) is 0 Å². The van der Waals surface area contributed by atoms with Crippen LogP contribution in [0.5, 0.6) is 0 Å². The lowest BCUT2D eigenvalue weighted by Crippen LogP contribution is -2.42. The average Bonchev–Trinajstić information content (AvgIpc) is 3.36. The molecular formula is C16H33IN4O2. The lowest BCUT2D eigenvalue weighted by molar-refractivity contribution is 0.0394. The van der Waals surface area contributed by atoms with Gasteiger partial charge in [0.15, 0.2) is 5.96 Å². The summed E-state index contributed by atoms with van der Waals surface area (Å²) in [4.78, 5) is 9.30. The van der Waals surface area contributed by atoms with Crippen molar-refractivity contribution in [2.75, 3.05) is 72.7 Å². The van der Waals surface area contributed by atoms with E-state index >= 15 is 0 Å². The Morgan fingerprint density at radius 3 is 2.74 bits per heavy atom. The first kappa shape index (κ1) is 20.9. The molecule has 0 unspecified atom stereocenters. The quantitative estimate of drug-likeness (QED) is 0.253. The highest BCUT2D eigenvalue weighted by Gasteiger charge is 2.21. The minimum Gasteiger partial charge on any atom is -0.379 e. The van der Waals surface area contributed by atoms with E-state index in [1.807, 2.05) is 0 Å². The zero-order valence-corrected chi connectivity index (χ0v) is 17.0. The first-order valence-corrected chi connectivity index (χ1v) is 8.67. The lowest BCUT2D eigenvalue weighted by atomic mass is 10.4. The number of hydrogen-bond donors (Lipinski definition) is 1. The molecule has 1 N–H and O–H groups in total. The van der Waals surface area contributed by atoms with Gasteiger partial charge < -0.3 is 19.7 Å². The molecule has 1 aliphatic heterocycles. The van der Waals surface area contributed by atoms with Crippen molar-refractivity contribution in [1.82, 2.24) is 15.1 Å². The van der Waals surface area contributed by atoms with E-state index in [2.05, 4.69) is 29.1 Å². The molecule has 23 heavy (non-hydrogen) atoms. The number of morpholine rings is 1. The third-order valence-electron chi connectivity index (χ3n) is 4.10. The number of likely N-dealkylation sites (N-methyl/N-ethyl adjacent to an activating group) is 1. The topological polar surface area (TPSA) is 49.3 Å². The molecule has 2 rings (SSSR count). The molecule has 0 aromatic carbocycles. The van der Waals surface area contributed by atoms with Crippen molar-refractivity contribution in [2.24, 2.45) is 10.9 Å². The molecule has 0 aromatic rings. The molecule has 2 aliphatic rings. The molecule has 6 nitrogen and oxygen atoms in total. The minimum absolute atomic E-state index is 0. The van der Waals surface area contributed by atoms with Crippen molar-refractivity contribution in [3.63, 3.8) is 0 Å². The van der Waals surface area contributed by atoms with Gasteiger partial charge in [-0.3, -0.25) is 9.89 Å². The van der Waals surface area contributed by atoms with Crippen LogP contribution in [0.3, 0.4) is 0 Å². The van der Waals surface area contributed by atoms with E-state index in [0.717, 1.165) is 77.6 Å². The predicted molar refractivity (Wildman–Crippen MR) is 105 cm³/mol. The predicted octanol–water partition coefficient (Wildman–Crippen LogP) is 1.26. The molecule has 7 heteroatoms. The van der Waals surface area contributed by atoms with Crippen molar-refractivity contribution >= 4 is 29.9 Å². The zero-order chi connectivity index (χ0) is 15.6. The fourth-order valence-electron chi connectivity index (χ4n) is 2.43. The van der Waals surface area contributed by atoms with E-state index in [0.29, 0.717) is 0 Å². The van der Waals surface area contributed by atoms with Crippen molar-refractivity contribution in [3.8, 4) is 0 Å². The molecule has 1 heterocycles. The highest BCUT2D eigenvalue weighted by atomic mass is 127. The molecule has 0 atom stereocenters. The minimum atomic E-state index is 0. The maximum atomic E-state index is 5.71. The van der Waals surface area contributed by atoms with Gasteiger partial charge in [0.2, 0.25) is 0 Å². The number of ether oxygens (including phenoxy) is 2. The molecule has 0 spiro atoms. The van der Waals surface area contributed by atoms with Crippen LogP contribution in [-0.2, 0) is 9.47 Å². The van der Waals surface area contributed by atoms with E-state index in [-0.39, 0.29) is 24.0 Å². The summed E-state index contributed by atoms with van der Waals surface area (Å²) in [7, 11) is 2.08. The van der Waals surface area contributed by atoms with Crippen LogP contribution in [-0.4, -0.2) is 88.5 Å². The fourth-order valence-corrected chi connectivity index (χ4v) is 2.43. The molecular weight excluding hydrogens is 407 g/mol. The first-order valence-electron chi connectivity index (χ1n) is 8.67. The number of nitrogens with zero attached hydrogens (tertiary/aromatic N) is 3.